The van der Waals surface area contributed by atoms with Crippen LogP contribution in [0.25, 0.3) is 0 Å². The summed E-state index contributed by atoms with van der Waals surface area (Å²) >= 11 is 0. The predicted octanol–water partition coefficient (Wildman–Crippen LogP) is -0.622. The smallest absolute Gasteiger partial charge is 0.260 e. The van der Waals surface area contributed by atoms with Crippen molar-refractivity contribution in [1.29, 1.82) is 0 Å². The molecule has 0 bridgehead atoms. The first-order valence-electron chi connectivity index (χ1n) is 0.670. The Hall–Kier alpha value is 0.710. The summed E-state index contributed by atoms with van der Waals surface area (Å²) in [4.78, 5) is 0. The maximum Gasteiger partial charge on any atom is 0.435 e. The second-order valence-corrected chi connectivity index (χ2v) is 1.24. The van der Waals surface area contributed by atoms with E-state index in [4.69, 9.17) is 13.0 Å². The molecule has 0 aromatic heterocycles. The maximum atomic E-state index is 10.2. The average molecular weight is 215 g/mol. The molecule has 0 atom stereocenters. The molecule has 0 aromatic carbocycles. The molecule has 0 amide bonds. The van der Waals surface area contributed by atoms with Crippen molar-refractivity contribution >= 4 is 36.3 Å². The van der Waals surface area contributed by atoms with Gasteiger partial charge in [0.25, 0.3) is 0 Å². The molecular weight excluding hydrogens is 214 g/mol. The first kappa shape index (κ1) is 9.86. The SMILES string of the molecule is O=S(=O)(O)F.[In]. The minimum atomic E-state index is -5.17. The molecule has 6 heavy (non-hydrogen) atoms. The Morgan fingerprint density at radius 1 is 1.50 bits per heavy atom. The van der Waals surface area contributed by atoms with Crippen LogP contribution in [-0.4, -0.2) is 38.8 Å². The molecule has 0 aliphatic carbocycles. The molecule has 0 aliphatic rings. The summed E-state index contributed by atoms with van der Waals surface area (Å²) < 4.78 is 34.1. The van der Waals surface area contributed by atoms with Crippen molar-refractivity contribution in [3.05, 3.63) is 0 Å². The van der Waals surface area contributed by atoms with Crippen molar-refractivity contribution in [2.75, 3.05) is 0 Å². The summed E-state index contributed by atoms with van der Waals surface area (Å²) in [6, 6.07) is 0. The number of hydrogen-bond donors (Lipinski definition) is 1. The van der Waals surface area contributed by atoms with Gasteiger partial charge in [-0.05, 0) is 0 Å². The van der Waals surface area contributed by atoms with Crippen LogP contribution < -0.4 is 0 Å². The molecule has 0 spiro atoms. The third-order valence-electron chi connectivity index (χ3n) is 0. The Morgan fingerprint density at radius 2 is 1.50 bits per heavy atom. The van der Waals surface area contributed by atoms with Crippen molar-refractivity contribution in [2.45, 2.75) is 0 Å². The maximum absolute atomic E-state index is 10.2. The Morgan fingerprint density at radius 3 is 1.50 bits per heavy atom. The van der Waals surface area contributed by atoms with Gasteiger partial charge in [-0.2, -0.15) is 8.42 Å². The van der Waals surface area contributed by atoms with E-state index < -0.39 is 10.5 Å². The van der Waals surface area contributed by atoms with Gasteiger partial charge in [-0.15, -0.1) is 0 Å². The zero-order valence-electron chi connectivity index (χ0n) is 2.63. The summed E-state index contributed by atoms with van der Waals surface area (Å²) in [6.45, 7) is 0. The Bertz CT molecular complexity index is 94.0. The monoisotopic (exact) mass is 215 g/mol. The number of halogens is 1. The van der Waals surface area contributed by atoms with Crippen LogP contribution in [0.3, 0.4) is 0 Å². The third-order valence-corrected chi connectivity index (χ3v) is 0. The van der Waals surface area contributed by atoms with E-state index in [0.717, 1.165) is 0 Å². The summed E-state index contributed by atoms with van der Waals surface area (Å²) in [5.41, 5.74) is 0. The summed E-state index contributed by atoms with van der Waals surface area (Å²) in [5.74, 6) is 0. The fourth-order valence-corrected chi connectivity index (χ4v) is 0. The van der Waals surface area contributed by atoms with Crippen molar-refractivity contribution in [3.8, 4) is 0 Å². The molecule has 0 aliphatic heterocycles. The molecule has 0 saturated heterocycles. The molecule has 35 valence electrons. The van der Waals surface area contributed by atoms with Gasteiger partial charge in [-0.25, -0.2) is 0 Å². The topological polar surface area (TPSA) is 54.4 Å². The largest absolute Gasteiger partial charge is 0.435 e. The Balaban J connectivity index is 0. The van der Waals surface area contributed by atoms with E-state index in [1.165, 1.54) is 0 Å². The fourth-order valence-electron chi connectivity index (χ4n) is 0. The van der Waals surface area contributed by atoms with Gasteiger partial charge in [-0.1, -0.05) is 3.89 Å². The van der Waals surface area contributed by atoms with E-state index in [9.17, 15) is 3.89 Å². The molecule has 3 radical (unpaired) electrons. The van der Waals surface area contributed by atoms with Gasteiger partial charge in [0.05, 0.1) is 0 Å². The summed E-state index contributed by atoms with van der Waals surface area (Å²) in [5, 5.41) is 0. The van der Waals surface area contributed by atoms with E-state index in [-0.39, 0.29) is 25.8 Å². The molecule has 0 rings (SSSR count). The van der Waals surface area contributed by atoms with Gasteiger partial charge in [0.1, 0.15) is 0 Å². The molecule has 0 heterocycles. The molecule has 6 heteroatoms. The van der Waals surface area contributed by atoms with Crippen LogP contribution in [0.15, 0.2) is 0 Å². The van der Waals surface area contributed by atoms with E-state index >= 15 is 0 Å². The quantitative estimate of drug-likeness (QED) is 0.432. The molecule has 0 unspecified atom stereocenters. The molecule has 0 saturated carbocycles. The van der Waals surface area contributed by atoms with Crippen LogP contribution in [0, 0.1) is 0 Å². The second-order valence-electron chi connectivity index (χ2n) is 0.412. The van der Waals surface area contributed by atoms with E-state index in [2.05, 4.69) is 0 Å². The number of rotatable bonds is 0. The van der Waals surface area contributed by atoms with Gasteiger partial charge in [0.2, 0.25) is 0 Å². The predicted molar refractivity (Wildman–Crippen MR) is 18.4 cm³/mol. The third kappa shape index (κ3) is 129. The van der Waals surface area contributed by atoms with Crippen LogP contribution in [0.4, 0.5) is 3.89 Å². The first-order valence-corrected chi connectivity index (χ1v) is 2.01. The Labute approximate surface area is 53.4 Å². The normalized spacial score (nSPS) is 9.67. The van der Waals surface area contributed by atoms with Crippen molar-refractivity contribution < 1.29 is 16.9 Å². The molecular formula is HFInO3S. The van der Waals surface area contributed by atoms with E-state index in [1.807, 2.05) is 0 Å². The van der Waals surface area contributed by atoms with Crippen molar-refractivity contribution in [1.82, 2.24) is 0 Å². The van der Waals surface area contributed by atoms with Gasteiger partial charge in [-0.3, -0.25) is 4.55 Å². The van der Waals surface area contributed by atoms with Crippen LogP contribution in [-0.2, 0) is 10.5 Å². The molecule has 0 aromatic rings. The van der Waals surface area contributed by atoms with Crippen molar-refractivity contribution in [2.24, 2.45) is 0 Å². The average Bonchev–Trinajstić information content (AvgIpc) is 0.722. The first-order chi connectivity index (χ1) is 2.00. The molecule has 3 nitrogen and oxygen atoms in total. The fraction of sp³-hybridized carbons (Fsp3) is 0. The van der Waals surface area contributed by atoms with Gasteiger partial charge >= 0.3 is 10.5 Å². The standard InChI is InChI=1S/FHO3S.In/c1-5(2,3)4;/h(H,2,3,4);. The zero-order valence-corrected chi connectivity index (χ0v) is 6.74. The minimum absolute atomic E-state index is 0. The minimum Gasteiger partial charge on any atom is -0.260 e. The van der Waals surface area contributed by atoms with Crippen LogP contribution in [0.2, 0.25) is 0 Å². The number of hydrogen-bond acceptors (Lipinski definition) is 2. The van der Waals surface area contributed by atoms with Gasteiger partial charge in [0, 0.05) is 25.8 Å². The van der Waals surface area contributed by atoms with Crippen LogP contribution in [0.1, 0.15) is 0 Å². The van der Waals surface area contributed by atoms with Gasteiger partial charge in [0.15, 0.2) is 0 Å². The Kier molecular flexibility index (Phi) is 4.62. The molecule has 0 fully saturated rings. The van der Waals surface area contributed by atoms with E-state index in [1.54, 1.807) is 0 Å². The second kappa shape index (κ2) is 2.81. The van der Waals surface area contributed by atoms with Crippen LogP contribution >= 0.6 is 0 Å². The zero-order chi connectivity index (χ0) is 4.50. The van der Waals surface area contributed by atoms with Crippen molar-refractivity contribution in [3.63, 3.8) is 0 Å². The summed E-state index contributed by atoms with van der Waals surface area (Å²) in [6.07, 6.45) is 0. The van der Waals surface area contributed by atoms with Gasteiger partial charge < -0.3 is 0 Å². The summed E-state index contributed by atoms with van der Waals surface area (Å²) in [7, 11) is -5.17. The van der Waals surface area contributed by atoms with E-state index in [0.29, 0.717) is 0 Å². The molecule has 1 N–H and O–H groups in total. The van der Waals surface area contributed by atoms with Crippen LogP contribution in [0.5, 0.6) is 0 Å².